The summed E-state index contributed by atoms with van der Waals surface area (Å²) in [6.45, 7) is 1.96. The Hall–Kier alpha value is -1.42. The van der Waals surface area contributed by atoms with Crippen LogP contribution in [0.3, 0.4) is 0 Å². The van der Waals surface area contributed by atoms with Crippen LogP contribution in [0.2, 0.25) is 0 Å². The molecule has 1 unspecified atom stereocenters. The van der Waals surface area contributed by atoms with Gasteiger partial charge in [0.2, 0.25) is 0 Å². The molecule has 0 N–H and O–H groups in total. The molecule has 1 atom stereocenters. The van der Waals surface area contributed by atoms with Crippen LogP contribution in [0.4, 0.5) is 4.39 Å². The fourth-order valence-electron chi connectivity index (χ4n) is 1.67. The van der Waals surface area contributed by atoms with E-state index in [1.165, 1.54) is 18.2 Å². The summed E-state index contributed by atoms with van der Waals surface area (Å²) < 4.78 is 23.5. The van der Waals surface area contributed by atoms with E-state index in [1.54, 1.807) is 0 Å². The number of halogens is 1. The number of hydrogen-bond acceptors (Lipinski definition) is 3. The maximum absolute atomic E-state index is 12.8. The smallest absolute Gasteiger partial charge is 0.153 e. The molecule has 1 aliphatic rings. The van der Waals surface area contributed by atoms with Crippen molar-refractivity contribution in [3.8, 4) is 5.75 Å². The average molecular weight is 224 g/mol. The van der Waals surface area contributed by atoms with Crippen molar-refractivity contribution in [3.05, 3.63) is 29.6 Å². The van der Waals surface area contributed by atoms with Gasteiger partial charge in [0.15, 0.2) is 6.29 Å². The summed E-state index contributed by atoms with van der Waals surface area (Å²) in [5.41, 5.74) is 0.249. The number of aldehydes is 1. The van der Waals surface area contributed by atoms with Gasteiger partial charge < -0.3 is 9.47 Å². The van der Waals surface area contributed by atoms with Crippen molar-refractivity contribution in [2.45, 2.75) is 6.42 Å². The van der Waals surface area contributed by atoms with Crippen molar-refractivity contribution in [2.75, 3.05) is 19.8 Å². The number of benzene rings is 1. The van der Waals surface area contributed by atoms with E-state index in [1.807, 2.05) is 0 Å². The summed E-state index contributed by atoms with van der Waals surface area (Å²) >= 11 is 0. The molecule has 0 bridgehead atoms. The van der Waals surface area contributed by atoms with Gasteiger partial charge in [0.1, 0.15) is 11.6 Å². The molecule has 0 aliphatic carbocycles. The van der Waals surface area contributed by atoms with Crippen LogP contribution < -0.4 is 4.74 Å². The van der Waals surface area contributed by atoms with Gasteiger partial charge in [0, 0.05) is 12.5 Å². The second-order valence-electron chi connectivity index (χ2n) is 3.84. The van der Waals surface area contributed by atoms with Gasteiger partial charge in [-0.15, -0.1) is 0 Å². The molecule has 0 amide bonds. The first-order chi connectivity index (χ1) is 7.79. The molecule has 0 spiro atoms. The lowest BCUT2D eigenvalue weighted by molar-refractivity contribution is 0.111. The Morgan fingerprint density at radius 3 is 3.12 bits per heavy atom. The second kappa shape index (κ2) is 5.07. The van der Waals surface area contributed by atoms with E-state index in [0.717, 1.165) is 13.0 Å². The van der Waals surface area contributed by atoms with Gasteiger partial charge >= 0.3 is 0 Å². The monoisotopic (exact) mass is 224 g/mol. The predicted molar refractivity (Wildman–Crippen MR) is 56.2 cm³/mol. The first kappa shape index (κ1) is 11.1. The minimum atomic E-state index is -0.432. The molecular weight excluding hydrogens is 211 g/mol. The number of hydrogen-bond donors (Lipinski definition) is 0. The van der Waals surface area contributed by atoms with Crippen LogP contribution in [0.5, 0.6) is 5.75 Å². The molecule has 4 heteroatoms. The Bertz CT molecular complexity index is 373. The zero-order chi connectivity index (χ0) is 11.4. The molecule has 1 aromatic carbocycles. The van der Waals surface area contributed by atoms with Crippen molar-refractivity contribution in [3.63, 3.8) is 0 Å². The third-order valence-corrected chi connectivity index (χ3v) is 2.60. The molecule has 3 nitrogen and oxygen atoms in total. The minimum absolute atomic E-state index is 0.249. The van der Waals surface area contributed by atoms with Crippen LogP contribution >= 0.6 is 0 Å². The van der Waals surface area contributed by atoms with Crippen LogP contribution in [0.25, 0.3) is 0 Å². The first-order valence-electron chi connectivity index (χ1n) is 5.25. The van der Waals surface area contributed by atoms with E-state index in [-0.39, 0.29) is 5.56 Å². The number of rotatable bonds is 4. The Morgan fingerprint density at radius 2 is 2.44 bits per heavy atom. The van der Waals surface area contributed by atoms with E-state index < -0.39 is 5.82 Å². The molecule has 16 heavy (non-hydrogen) atoms. The third-order valence-electron chi connectivity index (χ3n) is 2.60. The molecule has 1 heterocycles. The second-order valence-corrected chi connectivity index (χ2v) is 3.84. The highest BCUT2D eigenvalue weighted by molar-refractivity contribution is 5.79. The summed E-state index contributed by atoms with van der Waals surface area (Å²) in [7, 11) is 0. The van der Waals surface area contributed by atoms with Crippen molar-refractivity contribution < 1.29 is 18.7 Å². The summed E-state index contributed by atoms with van der Waals surface area (Å²) in [4.78, 5) is 10.7. The van der Waals surface area contributed by atoms with Crippen molar-refractivity contribution in [2.24, 2.45) is 5.92 Å². The molecule has 86 valence electrons. The van der Waals surface area contributed by atoms with E-state index in [9.17, 15) is 9.18 Å². The molecule has 0 radical (unpaired) electrons. The lowest BCUT2D eigenvalue weighted by atomic mass is 10.1. The van der Waals surface area contributed by atoms with E-state index in [4.69, 9.17) is 9.47 Å². The molecule has 1 saturated heterocycles. The first-order valence-corrected chi connectivity index (χ1v) is 5.25. The zero-order valence-corrected chi connectivity index (χ0v) is 8.82. The largest absolute Gasteiger partial charge is 0.492 e. The van der Waals surface area contributed by atoms with Gasteiger partial charge in [-0.2, -0.15) is 0 Å². The molecule has 1 aliphatic heterocycles. The topological polar surface area (TPSA) is 35.5 Å². The van der Waals surface area contributed by atoms with Crippen molar-refractivity contribution in [1.82, 2.24) is 0 Å². The number of carbonyl (C=O) groups is 1. The van der Waals surface area contributed by atoms with E-state index in [2.05, 4.69) is 0 Å². The maximum atomic E-state index is 12.8. The SMILES string of the molecule is O=Cc1cc(F)ccc1OCC1CCOC1. The van der Waals surface area contributed by atoms with Gasteiger partial charge in [0.25, 0.3) is 0 Å². The van der Waals surface area contributed by atoms with Gasteiger partial charge in [-0.1, -0.05) is 0 Å². The average Bonchev–Trinajstić information content (AvgIpc) is 2.80. The third kappa shape index (κ3) is 2.58. The highest BCUT2D eigenvalue weighted by Gasteiger charge is 2.16. The summed E-state index contributed by atoms with van der Waals surface area (Å²) in [6.07, 6.45) is 1.57. The fourth-order valence-corrected chi connectivity index (χ4v) is 1.67. The van der Waals surface area contributed by atoms with Gasteiger partial charge in [-0.3, -0.25) is 4.79 Å². The standard InChI is InChI=1S/C12H13FO3/c13-11-1-2-12(10(5-11)6-14)16-8-9-3-4-15-7-9/h1-2,5-6,9H,3-4,7-8H2. The van der Waals surface area contributed by atoms with Crippen LogP contribution in [-0.2, 0) is 4.74 Å². The predicted octanol–water partition coefficient (Wildman–Crippen LogP) is 2.05. The number of ether oxygens (including phenoxy) is 2. The molecule has 0 saturated carbocycles. The van der Waals surface area contributed by atoms with Gasteiger partial charge in [0.05, 0.1) is 18.8 Å². The van der Waals surface area contributed by atoms with E-state index >= 15 is 0 Å². The Kier molecular flexibility index (Phi) is 3.51. The van der Waals surface area contributed by atoms with E-state index in [0.29, 0.717) is 31.2 Å². The molecule has 1 aromatic rings. The van der Waals surface area contributed by atoms with Gasteiger partial charge in [-0.05, 0) is 24.6 Å². The maximum Gasteiger partial charge on any atom is 0.153 e. The van der Waals surface area contributed by atoms with Crippen LogP contribution in [0, 0.1) is 11.7 Å². The van der Waals surface area contributed by atoms with Crippen molar-refractivity contribution >= 4 is 6.29 Å². The molecule has 2 rings (SSSR count). The lowest BCUT2D eigenvalue weighted by Gasteiger charge is -2.11. The lowest BCUT2D eigenvalue weighted by Crippen LogP contribution is -2.12. The molecule has 0 aromatic heterocycles. The minimum Gasteiger partial charge on any atom is -0.492 e. The quantitative estimate of drug-likeness (QED) is 0.734. The Morgan fingerprint density at radius 1 is 1.56 bits per heavy atom. The van der Waals surface area contributed by atoms with Crippen LogP contribution in [0.15, 0.2) is 18.2 Å². The van der Waals surface area contributed by atoms with Gasteiger partial charge in [-0.25, -0.2) is 4.39 Å². The van der Waals surface area contributed by atoms with Crippen LogP contribution in [-0.4, -0.2) is 26.1 Å². The van der Waals surface area contributed by atoms with Crippen LogP contribution in [0.1, 0.15) is 16.8 Å². The Balaban J connectivity index is 1.99. The van der Waals surface area contributed by atoms with Crippen molar-refractivity contribution in [1.29, 1.82) is 0 Å². The fraction of sp³-hybridized carbons (Fsp3) is 0.417. The summed E-state index contributed by atoms with van der Waals surface area (Å²) in [5, 5.41) is 0. The molecular formula is C12H13FO3. The highest BCUT2D eigenvalue weighted by atomic mass is 19.1. The number of carbonyl (C=O) groups excluding carboxylic acids is 1. The normalized spacial score (nSPS) is 19.7. The Labute approximate surface area is 93.2 Å². The summed E-state index contributed by atoms with van der Waals surface area (Å²) in [6, 6.07) is 3.94. The molecule has 1 fully saturated rings. The summed E-state index contributed by atoms with van der Waals surface area (Å²) in [5.74, 6) is 0.367. The zero-order valence-electron chi connectivity index (χ0n) is 8.82. The highest BCUT2D eigenvalue weighted by Crippen LogP contribution is 2.20.